The third kappa shape index (κ3) is 7.92. The van der Waals surface area contributed by atoms with Crippen molar-refractivity contribution in [3.8, 4) is 22.6 Å². The van der Waals surface area contributed by atoms with Crippen LogP contribution >= 0.6 is 0 Å². The number of benzene rings is 2. The van der Waals surface area contributed by atoms with Gasteiger partial charge in [0.15, 0.2) is 11.6 Å². The highest BCUT2D eigenvalue weighted by molar-refractivity contribution is 5.76. The number of aliphatic hydroxyl groups excluding tert-OH is 2. The third-order valence-electron chi connectivity index (χ3n) is 4.81. The highest BCUT2D eigenvalue weighted by Gasteiger charge is 2.16. The first-order chi connectivity index (χ1) is 14.7. The van der Waals surface area contributed by atoms with Gasteiger partial charge in [-0.25, -0.2) is 8.78 Å². The van der Waals surface area contributed by atoms with E-state index in [1.165, 1.54) is 18.2 Å². The molecular weight excluding hydrogens is 390 g/mol. The minimum Gasteiger partial charge on any atom is -0.493 e. The minimum atomic E-state index is -0.470. The predicted octanol–water partition coefficient (Wildman–Crippen LogP) is 5.49. The van der Waals surface area contributed by atoms with Crippen LogP contribution in [0.15, 0.2) is 36.4 Å². The summed E-state index contributed by atoms with van der Waals surface area (Å²) in [5.74, 6) is -0.395. The van der Waals surface area contributed by atoms with Gasteiger partial charge in [0.05, 0.1) is 13.2 Å². The lowest BCUT2D eigenvalue weighted by molar-refractivity contribution is 0.269. The molecule has 0 atom stereocenters. The number of hydrogen-bond donors (Lipinski definition) is 2. The van der Waals surface area contributed by atoms with Crippen molar-refractivity contribution >= 4 is 0 Å². The molecule has 166 valence electrons. The number of aliphatic hydroxyl groups is 2. The molecule has 0 saturated carbocycles. The zero-order chi connectivity index (χ0) is 21.6. The quantitative estimate of drug-likeness (QED) is 0.372. The zero-order valence-electron chi connectivity index (χ0n) is 17.4. The molecule has 0 aromatic heterocycles. The Morgan fingerprint density at radius 1 is 0.667 bits per heavy atom. The fraction of sp³-hybridized carbons (Fsp3) is 0.500. The molecule has 4 nitrogen and oxygen atoms in total. The standard InChI is InChI=1S/C24H32F2O4/c25-19-12-13-20(23(18-19)29-16-7-3-1-5-14-27)21-10-9-11-22(26)24(21)30-17-8-4-2-6-15-28/h9-13,18,27-28H,1-8,14-17H2. The van der Waals surface area contributed by atoms with E-state index in [1.54, 1.807) is 18.2 Å². The first kappa shape index (κ1) is 24.1. The molecule has 0 amide bonds. The van der Waals surface area contributed by atoms with Crippen molar-refractivity contribution in [1.82, 2.24) is 0 Å². The molecular formula is C24H32F2O4. The summed E-state index contributed by atoms with van der Waals surface area (Å²) >= 11 is 0. The van der Waals surface area contributed by atoms with Crippen LogP contribution in [-0.4, -0.2) is 36.6 Å². The fourth-order valence-electron chi connectivity index (χ4n) is 3.20. The summed E-state index contributed by atoms with van der Waals surface area (Å²) < 4.78 is 39.9. The molecule has 0 fully saturated rings. The van der Waals surface area contributed by atoms with Gasteiger partial charge in [-0.05, 0) is 56.7 Å². The van der Waals surface area contributed by atoms with E-state index in [-0.39, 0.29) is 19.0 Å². The molecule has 0 aliphatic rings. The van der Waals surface area contributed by atoms with Gasteiger partial charge in [-0.2, -0.15) is 0 Å². The minimum absolute atomic E-state index is 0.138. The largest absolute Gasteiger partial charge is 0.493 e. The SMILES string of the molecule is OCCCCCCOc1cc(F)ccc1-c1cccc(F)c1OCCCCCCO. The molecule has 0 radical (unpaired) electrons. The Bertz CT molecular complexity index is 752. The van der Waals surface area contributed by atoms with Crippen LogP contribution in [0, 0.1) is 11.6 Å². The van der Waals surface area contributed by atoms with Crippen LogP contribution in [0.1, 0.15) is 51.4 Å². The van der Waals surface area contributed by atoms with Crippen LogP contribution in [0.3, 0.4) is 0 Å². The van der Waals surface area contributed by atoms with Crippen LogP contribution in [0.2, 0.25) is 0 Å². The van der Waals surface area contributed by atoms with E-state index < -0.39 is 11.6 Å². The Morgan fingerprint density at radius 3 is 1.97 bits per heavy atom. The second kappa shape index (κ2) is 13.9. The summed E-state index contributed by atoms with van der Waals surface area (Å²) in [6, 6.07) is 8.90. The lowest BCUT2D eigenvalue weighted by atomic mass is 10.0. The van der Waals surface area contributed by atoms with E-state index in [4.69, 9.17) is 19.7 Å². The van der Waals surface area contributed by atoms with Gasteiger partial charge in [-0.15, -0.1) is 0 Å². The van der Waals surface area contributed by atoms with Crippen molar-refractivity contribution in [2.75, 3.05) is 26.4 Å². The topological polar surface area (TPSA) is 58.9 Å². The third-order valence-corrected chi connectivity index (χ3v) is 4.81. The maximum Gasteiger partial charge on any atom is 0.165 e. The number of hydrogen-bond acceptors (Lipinski definition) is 4. The van der Waals surface area contributed by atoms with E-state index in [1.807, 2.05) is 0 Å². The smallest absolute Gasteiger partial charge is 0.165 e. The monoisotopic (exact) mass is 422 g/mol. The van der Waals surface area contributed by atoms with Gasteiger partial charge in [-0.3, -0.25) is 0 Å². The molecule has 0 heterocycles. The Labute approximate surface area is 177 Å². The molecule has 0 unspecified atom stereocenters. The Morgan fingerprint density at radius 2 is 1.30 bits per heavy atom. The molecule has 30 heavy (non-hydrogen) atoms. The van der Waals surface area contributed by atoms with Gasteiger partial charge in [0, 0.05) is 30.4 Å². The number of unbranched alkanes of at least 4 members (excludes halogenated alkanes) is 6. The van der Waals surface area contributed by atoms with E-state index in [9.17, 15) is 8.78 Å². The van der Waals surface area contributed by atoms with Crippen LogP contribution in [0.5, 0.6) is 11.5 Å². The second-order valence-electron chi connectivity index (χ2n) is 7.23. The van der Waals surface area contributed by atoms with Crippen LogP contribution < -0.4 is 9.47 Å². The van der Waals surface area contributed by atoms with Crippen molar-refractivity contribution in [2.24, 2.45) is 0 Å². The predicted molar refractivity (Wildman–Crippen MR) is 114 cm³/mol. The summed E-state index contributed by atoms with van der Waals surface area (Å²) in [5, 5.41) is 17.7. The second-order valence-corrected chi connectivity index (χ2v) is 7.23. The van der Waals surface area contributed by atoms with Crippen molar-refractivity contribution in [3.05, 3.63) is 48.0 Å². The summed E-state index contributed by atoms with van der Waals surface area (Å²) in [7, 11) is 0. The molecule has 6 heteroatoms. The molecule has 0 saturated heterocycles. The fourth-order valence-corrected chi connectivity index (χ4v) is 3.20. The average Bonchev–Trinajstić information content (AvgIpc) is 2.74. The maximum absolute atomic E-state index is 14.5. The first-order valence-electron chi connectivity index (χ1n) is 10.7. The molecule has 2 rings (SSSR count). The molecule has 2 aromatic rings. The normalized spacial score (nSPS) is 10.9. The van der Waals surface area contributed by atoms with Crippen molar-refractivity contribution in [1.29, 1.82) is 0 Å². The summed E-state index contributed by atoms with van der Waals surface area (Å²) in [6.07, 6.45) is 6.68. The van der Waals surface area contributed by atoms with Crippen LogP contribution in [0.4, 0.5) is 8.78 Å². The van der Waals surface area contributed by atoms with Crippen LogP contribution in [-0.2, 0) is 0 Å². The molecule has 2 N–H and O–H groups in total. The molecule has 0 aliphatic heterocycles. The highest BCUT2D eigenvalue weighted by Crippen LogP contribution is 2.38. The van der Waals surface area contributed by atoms with Gasteiger partial charge in [0.2, 0.25) is 0 Å². The Kier molecular flexibility index (Phi) is 11.2. The number of ether oxygens (including phenoxy) is 2. The molecule has 0 aliphatic carbocycles. The number of halogens is 2. The summed E-state index contributed by atoms with van der Waals surface area (Å²) in [5.41, 5.74) is 1.11. The summed E-state index contributed by atoms with van der Waals surface area (Å²) in [4.78, 5) is 0. The van der Waals surface area contributed by atoms with Crippen molar-refractivity contribution < 1.29 is 28.5 Å². The van der Waals surface area contributed by atoms with Gasteiger partial charge in [0.1, 0.15) is 11.6 Å². The lowest BCUT2D eigenvalue weighted by Gasteiger charge is -2.16. The Hall–Kier alpha value is -2.18. The summed E-state index contributed by atoms with van der Waals surface area (Å²) in [6.45, 7) is 1.13. The molecule has 2 aromatic carbocycles. The van der Waals surface area contributed by atoms with Crippen LogP contribution in [0.25, 0.3) is 11.1 Å². The lowest BCUT2D eigenvalue weighted by Crippen LogP contribution is -2.03. The van der Waals surface area contributed by atoms with E-state index >= 15 is 0 Å². The first-order valence-corrected chi connectivity index (χ1v) is 10.7. The Balaban J connectivity index is 2.09. The van der Waals surface area contributed by atoms with E-state index in [2.05, 4.69) is 0 Å². The van der Waals surface area contributed by atoms with Gasteiger partial charge < -0.3 is 19.7 Å². The maximum atomic E-state index is 14.5. The zero-order valence-corrected chi connectivity index (χ0v) is 17.4. The number of rotatable bonds is 15. The molecule has 0 spiro atoms. The van der Waals surface area contributed by atoms with Gasteiger partial charge in [-0.1, -0.05) is 25.0 Å². The van der Waals surface area contributed by atoms with E-state index in [0.717, 1.165) is 51.4 Å². The highest BCUT2D eigenvalue weighted by atomic mass is 19.1. The van der Waals surface area contributed by atoms with Gasteiger partial charge in [0.25, 0.3) is 0 Å². The van der Waals surface area contributed by atoms with Gasteiger partial charge >= 0.3 is 0 Å². The van der Waals surface area contributed by atoms with Crippen molar-refractivity contribution in [3.63, 3.8) is 0 Å². The molecule has 0 bridgehead atoms. The van der Waals surface area contributed by atoms with Crippen molar-refractivity contribution in [2.45, 2.75) is 51.4 Å². The average molecular weight is 423 g/mol. The van der Waals surface area contributed by atoms with E-state index in [0.29, 0.717) is 30.1 Å². The number of para-hydroxylation sites is 1.